The van der Waals surface area contributed by atoms with E-state index in [0.29, 0.717) is 24.4 Å². The Hall–Kier alpha value is -1.56. The molecule has 2 aliphatic heterocycles. The van der Waals surface area contributed by atoms with Gasteiger partial charge in [0.25, 0.3) is 0 Å². The third kappa shape index (κ3) is 4.74. The molecular formula is C15H25N3O3. The van der Waals surface area contributed by atoms with E-state index in [1.54, 1.807) is 6.92 Å². The molecule has 0 aromatic carbocycles. The van der Waals surface area contributed by atoms with Crippen LogP contribution in [0.2, 0.25) is 0 Å². The molecule has 0 radical (unpaired) electrons. The van der Waals surface area contributed by atoms with Gasteiger partial charge in [-0.25, -0.2) is 9.59 Å². The highest BCUT2D eigenvalue weighted by Crippen LogP contribution is 2.14. The molecule has 2 N–H and O–H groups in total. The Morgan fingerprint density at radius 3 is 2.52 bits per heavy atom. The lowest BCUT2D eigenvalue weighted by Gasteiger charge is -2.28. The maximum atomic E-state index is 12.0. The first kappa shape index (κ1) is 15.8. The number of nitrogens with zero attached hydrogens (tertiary/aromatic N) is 1. The highest BCUT2D eigenvalue weighted by molar-refractivity contribution is 5.93. The molecule has 0 aliphatic carbocycles. The number of nitrogens with one attached hydrogen (secondary N) is 2. The van der Waals surface area contributed by atoms with Gasteiger partial charge in [-0.3, -0.25) is 4.90 Å². The van der Waals surface area contributed by atoms with E-state index in [0.717, 1.165) is 13.1 Å². The largest absolute Gasteiger partial charge is 0.463 e. The molecule has 0 aromatic heterocycles. The number of likely N-dealkylation sites (tertiary alicyclic amines) is 1. The summed E-state index contributed by atoms with van der Waals surface area (Å²) in [5.74, 6) is -0.341. The van der Waals surface area contributed by atoms with Crippen LogP contribution in [0.1, 0.15) is 39.0 Å². The molecular weight excluding hydrogens is 270 g/mol. The lowest BCUT2D eigenvalue weighted by Crippen LogP contribution is -2.47. The molecule has 6 nitrogen and oxygen atoms in total. The quantitative estimate of drug-likeness (QED) is 0.769. The average molecular weight is 295 g/mol. The second kappa shape index (κ2) is 8.02. The van der Waals surface area contributed by atoms with Crippen molar-refractivity contribution in [3.8, 4) is 0 Å². The number of esters is 1. The molecule has 0 aromatic rings. The maximum Gasteiger partial charge on any atom is 0.337 e. The highest BCUT2D eigenvalue weighted by Gasteiger charge is 2.25. The first-order valence-corrected chi connectivity index (χ1v) is 7.87. The second-order valence-electron chi connectivity index (χ2n) is 5.53. The zero-order valence-electron chi connectivity index (χ0n) is 12.7. The summed E-state index contributed by atoms with van der Waals surface area (Å²) in [6.45, 7) is 5.01. The van der Waals surface area contributed by atoms with E-state index in [1.807, 2.05) is 0 Å². The van der Waals surface area contributed by atoms with E-state index < -0.39 is 0 Å². The Bertz CT molecular complexity index is 412. The van der Waals surface area contributed by atoms with Crippen molar-refractivity contribution in [3.63, 3.8) is 0 Å². The van der Waals surface area contributed by atoms with Crippen LogP contribution in [0.5, 0.6) is 0 Å². The number of hydrogen-bond donors (Lipinski definition) is 2. The lowest BCUT2D eigenvalue weighted by molar-refractivity contribution is -0.138. The van der Waals surface area contributed by atoms with Gasteiger partial charge < -0.3 is 15.4 Å². The number of amides is 2. The van der Waals surface area contributed by atoms with Gasteiger partial charge in [0, 0.05) is 12.2 Å². The lowest BCUT2D eigenvalue weighted by atomic mass is 10.1. The zero-order valence-corrected chi connectivity index (χ0v) is 12.7. The summed E-state index contributed by atoms with van der Waals surface area (Å²) in [5.41, 5.74) is 1.23. The number of carbonyl (C=O) groups is 2. The fourth-order valence-electron chi connectivity index (χ4n) is 2.78. The maximum absolute atomic E-state index is 12.0. The first-order valence-electron chi connectivity index (χ1n) is 7.87. The SMILES string of the molecule is CCOC(=O)C1=C(CN2CCCCCCC2)NC(=O)NC1. The van der Waals surface area contributed by atoms with Crippen molar-refractivity contribution >= 4 is 12.0 Å². The minimum absolute atomic E-state index is 0.244. The smallest absolute Gasteiger partial charge is 0.337 e. The van der Waals surface area contributed by atoms with Gasteiger partial charge in [0.2, 0.25) is 0 Å². The van der Waals surface area contributed by atoms with Crippen LogP contribution >= 0.6 is 0 Å². The van der Waals surface area contributed by atoms with Crippen molar-refractivity contribution in [2.24, 2.45) is 0 Å². The number of rotatable bonds is 4. The molecule has 0 atom stereocenters. The molecule has 2 aliphatic rings. The minimum atomic E-state index is -0.341. The molecule has 21 heavy (non-hydrogen) atoms. The van der Waals surface area contributed by atoms with Gasteiger partial charge in [0.1, 0.15) is 0 Å². The Kier molecular flexibility index (Phi) is 6.04. The third-order valence-corrected chi connectivity index (χ3v) is 3.91. The molecule has 118 valence electrons. The van der Waals surface area contributed by atoms with Crippen LogP contribution in [-0.4, -0.2) is 49.7 Å². The van der Waals surface area contributed by atoms with Crippen LogP contribution in [0.25, 0.3) is 0 Å². The van der Waals surface area contributed by atoms with Gasteiger partial charge in [0.15, 0.2) is 0 Å². The standard InChI is InChI=1S/C15H25N3O3/c1-2-21-14(19)12-10-16-15(20)17-13(12)11-18-8-6-4-3-5-7-9-18/h2-11H2,1H3,(H2,16,17,20). The first-order chi connectivity index (χ1) is 10.2. The van der Waals surface area contributed by atoms with Crippen LogP contribution in [-0.2, 0) is 9.53 Å². The molecule has 1 fully saturated rings. The van der Waals surface area contributed by atoms with E-state index in [4.69, 9.17) is 4.74 Å². The molecule has 1 saturated heterocycles. The summed E-state index contributed by atoms with van der Waals surface area (Å²) in [7, 11) is 0. The van der Waals surface area contributed by atoms with Gasteiger partial charge in [0.05, 0.1) is 18.7 Å². The van der Waals surface area contributed by atoms with Gasteiger partial charge in [-0.1, -0.05) is 19.3 Å². The van der Waals surface area contributed by atoms with Crippen molar-refractivity contribution in [3.05, 3.63) is 11.3 Å². The molecule has 0 bridgehead atoms. The molecule has 2 rings (SSSR count). The molecule has 2 heterocycles. The second-order valence-corrected chi connectivity index (χ2v) is 5.53. The summed E-state index contributed by atoms with van der Waals surface area (Å²) >= 11 is 0. The van der Waals surface area contributed by atoms with Crippen molar-refractivity contribution in [1.82, 2.24) is 15.5 Å². The number of carbonyl (C=O) groups excluding carboxylic acids is 2. The Morgan fingerprint density at radius 2 is 1.86 bits per heavy atom. The molecule has 0 unspecified atom stereocenters. The summed E-state index contributed by atoms with van der Waals surface area (Å²) in [5, 5.41) is 5.41. The number of ether oxygens (including phenoxy) is 1. The van der Waals surface area contributed by atoms with Crippen LogP contribution < -0.4 is 10.6 Å². The molecule has 0 spiro atoms. The fraction of sp³-hybridized carbons (Fsp3) is 0.733. The molecule has 2 amide bonds. The summed E-state index contributed by atoms with van der Waals surface area (Å²) < 4.78 is 5.07. The monoisotopic (exact) mass is 295 g/mol. The van der Waals surface area contributed by atoms with Gasteiger partial charge in [-0.15, -0.1) is 0 Å². The molecule has 6 heteroatoms. The van der Waals surface area contributed by atoms with Crippen molar-refractivity contribution in [1.29, 1.82) is 0 Å². The van der Waals surface area contributed by atoms with Crippen LogP contribution in [0, 0.1) is 0 Å². The fourth-order valence-corrected chi connectivity index (χ4v) is 2.78. The average Bonchev–Trinajstić information content (AvgIpc) is 2.42. The highest BCUT2D eigenvalue weighted by atomic mass is 16.5. The predicted molar refractivity (Wildman–Crippen MR) is 79.7 cm³/mol. The van der Waals surface area contributed by atoms with Crippen LogP contribution in [0.3, 0.4) is 0 Å². The van der Waals surface area contributed by atoms with E-state index in [2.05, 4.69) is 15.5 Å². The number of hydrogen-bond acceptors (Lipinski definition) is 4. The predicted octanol–water partition coefficient (Wildman–Crippen LogP) is 1.38. The normalized spacial score (nSPS) is 21.1. The van der Waals surface area contributed by atoms with Crippen molar-refractivity contribution in [2.75, 3.05) is 32.8 Å². The summed E-state index contributed by atoms with van der Waals surface area (Å²) in [6, 6.07) is -0.245. The summed E-state index contributed by atoms with van der Waals surface area (Å²) in [6.07, 6.45) is 6.18. The van der Waals surface area contributed by atoms with Crippen molar-refractivity contribution < 1.29 is 14.3 Å². The van der Waals surface area contributed by atoms with Gasteiger partial charge in [-0.2, -0.15) is 0 Å². The van der Waals surface area contributed by atoms with Gasteiger partial charge in [-0.05, 0) is 32.9 Å². The van der Waals surface area contributed by atoms with E-state index in [9.17, 15) is 9.59 Å². The van der Waals surface area contributed by atoms with Crippen LogP contribution in [0.15, 0.2) is 11.3 Å². The van der Waals surface area contributed by atoms with E-state index in [1.165, 1.54) is 32.1 Å². The summed E-state index contributed by atoms with van der Waals surface area (Å²) in [4.78, 5) is 25.8. The topological polar surface area (TPSA) is 70.7 Å². The van der Waals surface area contributed by atoms with E-state index in [-0.39, 0.29) is 18.5 Å². The van der Waals surface area contributed by atoms with Gasteiger partial charge >= 0.3 is 12.0 Å². The van der Waals surface area contributed by atoms with Crippen molar-refractivity contribution in [2.45, 2.75) is 39.0 Å². The Labute approximate surface area is 125 Å². The Balaban J connectivity index is 2.06. The Morgan fingerprint density at radius 1 is 1.19 bits per heavy atom. The molecule has 0 saturated carbocycles. The zero-order chi connectivity index (χ0) is 15.1. The third-order valence-electron chi connectivity index (χ3n) is 3.91. The van der Waals surface area contributed by atoms with E-state index >= 15 is 0 Å². The minimum Gasteiger partial charge on any atom is -0.463 e. The number of urea groups is 1. The van der Waals surface area contributed by atoms with Crippen LogP contribution in [0.4, 0.5) is 4.79 Å².